The van der Waals surface area contributed by atoms with E-state index in [2.05, 4.69) is 14.6 Å². The van der Waals surface area contributed by atoms with Gasteiger partial charge in [-0.05, 0) is 31.8 Å². The lowest BCUT2D eigenvalue weighted by Gasteiger charge is -2.21. The largest absolute Gasteiger partial charge is 0.336 e. The van der Waals surface area contributed by atoms with Crippen LogP contribution in [0.25, 0.3) is 0 Å². The molecule has 0 unspecified atom stereocenters. The van der Waals surface area contributed by atoms with Gasteiger partial charge in [-0.3, -0.25) is 9.59 Å². The minimum Gasteiger partial charge on any atom is -0.336 e. The molecule has 1 aliphatic heterocycles. The number of aryl methyl sites for hydroxylation is 2. The van der Waals surface area contributed by atoms with E-state index >= 15 is 0 Å². The molecule has 2 amide bonds. The van der Waals surface area contributed by atoms with Gasteiger partial charge in [-0.2, -0.15) is 0 Å². The summed E-state index contributed by atoms with van der Waals surface area (Å²) >= 11 is 2.59. The van der Waals surface area contributed by atoms with Crippen LogP contribution >= 0.6 is 22.9 Å². The molecule has 0 atom stereocenters. The second-order valence-electron chi connectivity index (χ2n) is 5.38. The van der Waals surface area contributed by atoms with E-state index in [4.69, 9.17) is 0 Å². The van der Waals surface area contributed by atoms with Crippen molar-refractivity contribution in [2.75, 3.05) is 26.2 Å². The third-order valence-electron chi connectivity index (χ3n) is 3.75. The average Bonchev–Trinajstić information content (AvgIpc) is 3.07. The fraction of sp³-hybridized carbons (Fsp3) is 0.500. The smallest absolute Gasteiger partial charge is 0.273 e. The predicted molar refractivity (Wildman–Crippen MR) is 87.9 cm³/mol. The lowest BCUT2D eigenvalue weighted by molar-refractivity contribution is 0.0718. The SMILES string of the molecule is Cc1nc(C(=O)N2CCCN(C(=O)c3snnc3C)CC2)cs1. The molecule has 122 valence electrons. The molecule has 1 saturated heterocycles. The van der Waals surface area contributed by atoms with Crippen LogP contribution in [0.1, 0.15) is 37.3 Å². The maximum Gasteiger partial charge on any atom is 0.273 e. The number of carbonyl (C=O) groups excluding carboxylic acids is 2. The first kappa shape index (κ1) is 16.0. The van der Waals surface area contributed by atoms with E-state index in [1.165, 1.54) is 11.3 Å². The average molecular weight is 351 g/mol. The van der Waals surface area contributed by atoms with Crippen LogP contribution in [-0.2, 0) is 0 Å². The summed E-state index contributed by atoms with van der Waals surface area (Å²) in [4.78, 5) is 33.4. The van der Waals surface area contributed by atoms with Crippen LogP contribution in [0.2, 0.25) is 0 Å². The highest BCUT2D eigenvalue weighted by Crippen LogP contribution is 2.16. The van der Waals surface area contributed by atoms with Crippen molar-refractivity contribution < 1.29 is 9.59 Å². The molecule has 7 nitrogen and oxygen atoms in total. The van der Waals surface area contributed by atoms with Gasteiger partial charge >= 0.3 is 0 Å². The number of nitrogens with zero attached hydrogens (tertiary/aromatic N) is 5. The van der Waals surface area contributed by atoms with E-state index in [-0.39, 0.29) is 11.8 Å². The molecule has 3 heterocycles. The summed E-state index contributed by atoms with van der Waals surface area (Å²) < 4.78 is 3.82. The molecule has 1 aliphatic rings. The molecule has 1 fully saturated rings. The molecule has 2 aromatic rings. The van der Waals surface area contributed by atoms with Crippen molar-refractivity contribution in [3.8, 4) is 0 Å². The Morgan fingerprint density at radius 3 is 2.35 bits per heavy atom. The number of rotatable bonds is 2. The van der Waals surface area contributed by atoms with E-state index in [0.29, 0.717) is 42.4 Å². The van der Waals surface area contributed by atoms with E-state index in [1.807, 2.05) is 6.92 Å². The molecular formula is C14H17N5O2S2. The second kappa shape index (κ2) is 6.71. The predicted octanol–water partition coefficient (Wildman–Crippen LogP) is 1.60. The zero-order valence-corrected chi connectivity index (χ0v) is 14.6. The van der Waals surface area contributed by atoms with Gasteiger partial charge in [0.25, 0.3) is 11.8 Å². The van der Waals surface area contributed by atoms with Crippen molar-refractivity contribution in [2.24, 2.45) is 0 Å². The lowest BCUT2D eigenvalue weighted by Crippen LogP contribution is -2.37. The van der Waals surface area contributed by atoms with Crippen LogP contribution in [0.15, 0.2) is 5.38 Å². The molecule has 3 rings (SSSR count). The topological polar surface area (TPSA) is 79.3 Å². The fourth-order valence-electron chi connectivity index (χ4n) is 2.52. The number of carbonyl (C=O) groups is 2. The maximum absolute atomic E-state index is 12.5. The normalized spacial score (nSPS) is 15.6. The van der Waals surface area contributed by atoms with Crippen molar-refractivity contribution >= 4 is 34.7 Å². The molecule has 23 heavy (non-hydrogen) atoms. The third-order valence-corrected chi connectivity index (χ3v) is 5.34. The van der Waals surface area contributed by atoms with Gasteiger partial charge in [0.15, 0.2) is 0 Å². The summed E-state index contributed by atoms with van der Waals surface area (Å²) in [6.07, 6.45) is 0.756. The maximum atomic E-state index is 12.5. The number of amides is 2. The molecule has 0 radical (unpaired) electrons. The number of hydrogen-bond donors (Lipinski definition) is 0. The third kappa shape index (κ3) is 3.40. The molecule has 0 aromatic carbocycles. The Morgan fingerprint density at radius 2 is 1.78 bits per heavy atom. The van der Waals surface area contributed by atoms with E-state index in [1.54, 1.807) is 22.1 Å². The van der Waals surface area contributed by atoms with Crippen molar-refractivity contribution in [3.63, 3.8) is 0 Å². The molecule has 0 aliphatic carbocycles. The molecule has 0 spiro atoms. The van der Waals surface area contributed by atoms with Gasteiger partial charge < -0.3 is 9.80 Å². The summed E-state index contributed by atoms with van der Waals surface area (Å²) in [6, 6.07) is 0. The van der Waals surface area contributed by atoms with Gasteiger partial charge in [0.2, 0.25) is 0 Å². The standard InChI is InChI=1S/C14H17N5O2S2/c1-9-12(23-17-16-9)14(21)19-5-3-4-18(6-7-19)13(20)11-8-22-10(2)15-11/h8H,3-7H2,1-2H3. The van der Waals surface area contributed by atoms with Crippen LogP contribution in [0, 0.1) is 13.8 Å². The van der Waals surface area contributed by atoms with Crippen molar-refractivity contribution in [2.45, 2.75) is 20.3 Å². The summed E-state index contributed by atoms with van der Waals surface area (Å²) in [5.74, 6) is -0.101. The second-order valence-corrected chi connectivity index (χ2v) is 7.19. The van der Waals surface area contributed by atoms with Crippen LogP contribution in [0.3, 0.4) is 0 Å². The van der Waals surface area contributed by atoms with Crippen LogP contribution in [-0.4, -0.2) is 62.4 Å². The molecule has 9 heteroatoms. The van der Waals surface area contributed by atoms with Gasteiger partial charge in [-0.15, -0.1) is 16.4 Å². The van der Waals surface area contributed by atoms with Crippen LogP contribution in [0.4, 0.5) is 0 Å². The summed E-state index contributed by atoms with van der Waals surface area (Å²) in [7, 11) is 0. The van der Waals surface area contributed by atoms with E-state index in [0.717, 1.165) is 23.0 Å². The Hall–Kier alpha value is -1.87. The summed E-state index contributed by atoms with van der Waals surface area (Å²) in [6.45, 7) is 5.98. The Labute approximate surface area is 142 Å². The van der Waals surface area contributed by atoms with Crippen molar-refractivity contribution in [3.05, 3.63) is 26.7 Å². The number of thiazole rings is 1. The van der Waals surface area contributed by atoms with Gasteiger partial charge in [0.05, 0.1) is 10.7 Å². The Balaban J connectivity index is 1.66. The van der Waals surface area contributed by atoms with Crippen molar-refractivity contribution in [1.29, 1.82) is 0 Å². The van der Waals surface area contributed by atoms with Crippen molar-refractivity contribution in [1.82, 2.24) is 24.4 Å². The minimum atomic E-state index is -0.0562. The van der Waals surface area contributed by atoms with Gasteiger partial charge in [0, 0.05) is 31.6 Å². The summed E-state index contributed by atoms with van der Waals surface area (Å²) in [5, 5.41) is 6.56. The van der Waals surface area contributed by atoms with E-state index < -0.39 is 0 Å². The van der Waals surface area contributed by atoms with E-state index in [9.17, 15) is 9.59 Å². The molecule has 0 bridgehead atoms. The Kier molecular flexibility index (Phi) is 4.67. The van der Waals surface area contributed by atoms with Crippen LogP contribution in [0.5, 0.6) is 0 Å². The highest BCUT2D eigenvalue weighted by molar-refractivity contribution is 7.09. The number of aromatic nitrogens is 3. The quantitative estimate of drug-likeness (QED) is 0.821. The highest BCUT2D eigenvalue weighted by Gasteiger charge is 2.26. The first-order valence-electron chi connectivity index (χ1n) is 7.36. The van der Waals surface area contributed by atoms with Gasteiger partial charge in [-0.25, -0.2) is 4.98 Å². The molecule has 0 saturated carbocycles. The highest BCUT2D eigenvalue weighted by atomic mass is 32.1. The number of hydrogen-bond acceptors (Lipinski definition) is 7. The molecule has 2 aromatic heterocycles. The first-order chi connectivity index (χ1) is 11.1. The van der Waals surface area contributed by atoms with Gasteiger partial charge in [0.1, 0.15) is 10.6 Å². The first-order valence-corrected chi connectivity index (χ1v) is 9.01. The zero-order valence-electron chi connectivity index (χ0n) is 13.0. The lowest BCUT2D eigenvalue weighted by atomic mass is 10.3. The molecular weight excluding hydrogens is 334 g/mol. The minimum absolute atomic E-state index is 0.0451. The summed E-state index contributed by atoms with van der Waals surface area (Å²) in [5.41, 5.74) is 1.16. The van der Waals surface area contributed by atoms with Gasteiger partial charge in [-0.1, -0.05) is 4.49 Å². The molecule has 0 N–H and O–H groups in total. The Morgan fingerprint density at radius 1 is 1.09 bits per heavy atom. The van der Waals surface area contributed by atoms with Crippen LogP contribution < -0.4 is 0 Å². The monoisotopic (exact) mass is 351 g/mol. The Bertz CT molecular complexity index is 726. The zero-order chi connectivity index (χ0) is 16.4. The fourth-order valence-corrected chi connectivity index (χ4v) is 3.73.